The van der Waals surface area contributed by atoms with Gasteiger partial charge in [-0.1, -0.05) is 11.6 Å². The van der Waals surface area contributed by atoms with Crippen LogP contribution in [0.3, 0.4) is 0 Å². The highest BCUT2D eigenvalue weighted by Gasteiger charge is 2.31. The minimum absolute atomic E-state index is 0.110. The van der Waals surface area contributed by atoms with Crippen molar-refractivity contribution in [3.63, 3.8) is 0 Å². The number of rotatable bonds is 6. The monoisotopic (exact) mass is 237 g/mol. The Hall–Kier alpha value is -0.340. The molecule has 2 nitrogen and oxygen atoms in total. The van der Waals surface area contributed by atoms with Crippen LogP contribution < -0.4 is 5.32 Å². The summed E-state index contributed by atoms with van der Waals surface area (Å²) < 4.78 is 6.02. The van der Waals surface area contributed by atoms with Gasteiger partial charge in [-0.2, -0.15) is 0 Å². The quantitative estimate of drug-likeness (QED) is 0.564. The Morgan fingerprint density at radius 1 is 1.35 bits per heavy atom. The maximum Gasteiger partial charge on any atom is 0.0631 e. The van der Waals surface area contributed by atoms with E-state index in [1.54, 1.807) is 0 Å². The zero-order valence-electron chi connectivity index (χ0n) is 11.6. The highest BCUT2D eigenvalue weighted by atomic mass is 16.5. The fraction of sp³-hybridized carbons (Fsp3) is 0.867. The molecule has 0 aromatic rings. The van der Waals surface area contributed by atoms with Crippen LogP contribution in [-0.4, -0.2) is 24.3 Å². The van der Waals surface area contributed by atoms with Gasteiger partial charge in [-0.05, 0) is 65.8 Å². The molecule has 2 aliphatic rings. The van der Waals surface area contributed by atoms with Gasteiger partial charge in [0.1, 0.15) is 0 Å². The fourth-order valence-electron chi connectivity index (χ4n) is 2.56. The van der Waals surface area contributed by atoms with Crippen molar-refractivity contribution < 1.29 is 4.74 Å². The van der Waals surface area contributed by atoms with Crippen LogP contribution in [0.15, 0.2) is 11.6 Å². The Kier molecular flexibility index (Phi) is 4.26. The summed E-state index contributed by atoms with van der Waals surface area (Å²) in [5.41, 5.74) is 1.60. The van der Waals surface area contributed by atoms with Gasteiger partial charge in [0.15, 0.2) is 0 Å². The Labute approximate surface area is 106 Å². The lowest BCUT2D eigenvalue weighted by Gasteiger charge is -2.19. The molecule has 1 aliphatic carbocycles. The topological polar surface area (TPSA) is 21.3 Å². The summed E-state index contributed by atoms with van der Waals surface area (Å²) in [5, 5.41) is 3.54. The van der Waals surface area contributed by atoms with Gasteiger partial charge in [0, 0.05) is 6.04 Å². The van der Waals surface area contributed by atoms with Crippen LogP contribution in [0.1, 0.15) is 59.3 Å². The number of ether oxygens (including phenoxy) is 1. The van der Waals surface area contributed by atoms with Crippen molar-refractivity contribution in [3.8, 4) is 0 Å². The standard InChI is InChI=1S/C15H27NO/c1-12(5-4-10-16-13-6-7-13)11-14-8-9-15(2,3)17-14/h5,13-14,16H,4,6-11H2,1-3H3. The second kappa shape index (κ2) is 5.53. The molecule has 1 saturated carbocycles. The third-order valence-electron chi connectivity index (χ3n) is 3.75. The maximum atomic E-state index is 6.02. The van der Waals surface area contributed by atoms with Crippen LogP contribution in [0.5, 0.6) is 0 Å². The SMILES string of the molecule is CC(=CCCNC1CC1)CC1CCC(C)(C)O1. The van der Waals surface area contributed by atoms with Gasteiger partial charge >= 0.3 is 0 Å². The largest absolute Gasteiger partial charge is 0.372 e. The summed E-state index contributed by atoms with van der Waals surface area (Å²) in [4.78, 5) is 0. The highest BCUT2D eigenvalue weighted by molar-refractivity contribution is 5.01. The van der Waals surface area contributed by atoms with Crippen molar-refractivity contribution in [2.75, 3.05) is 6.54 Å². The number of nitrogens with one attached hydrogen (secondary N) is 1. The Morgan fingerprint density at radius 3 is 2.71 bits per heavy atom. The molecule has 0 radical (unpaired) electrons. The van der Waals surface area contributed by atoms with Crippen LogP contribution in [0.2, 0.25) is 0 Å². The van der Waals surface area contributed by atoms with Gasteiger partial charge < -0.3 is 10.1 Å². The Morgan fingerprint density at radius 2 is 2.12 bits per heavy atom. The van der Waals surface area contributed by atoms with Gasteiger partial charge in [-0.3, -0.25) is 0 Å². The molecule has 0 aromatic heterocycles. The Balaban J connectivity index is 1.61. The van der Waals surface area contributed by atoms with E-state index >= 15 is 0 Å². The molecule has 1 N–H and O–H groups in total. The van der Waals surface area contributed by atoms with Crippen molar-refractivity contribution in [2.24, 2.45) is 0 Å². The summed E-state index contributed by atoms with van der Waals surface area (Å²) in [5.74, 6) is 0. The highest BCUT2D eigenvalue weighted by Crippen LogP contribution is 2.32. The molecule has 2 rings (SSSR count). The first kappa shape index (κ1) is 13.1. The molecule has 2 heteroatoms. The molecule has 98 valence electrons. The number of hydrogen-bond acceptors (Lipinski definition) is 2. The van der Waals surface area contributed by atoms with Gasteiger partial charge in [0.25, 0.3) is 0 Å². The van der Waals surface area contributed by atoms with Crippen molar-refractivity contribution in [1.29, 1.82) is 0 Å². The molecule has 2 fully saturated rings. The minimum atomic E-state index is 0.110. The average molecular weight is 237 g/mol. The van der Waals surface area contributed by atoms with Crippen LogP contribution >= 0.6 is 0 Å². The van der Waals surface area contributed by atoms with Crippen molar-refractivity contribution in [3.05, 3.63) is 11.6 Å². The molecule has 0 amide bonds. The predicted octanol–water partition coefficient (Wildman–Crippen LogP) is 3.42. The molecule has 1 unspecified atom stereocenters. The summed E-state index contributed by atoms with van der Waals surface area (Å²) in [6.07, 6.45) is 10.3. The summed E-state index contributed by atoms with van der Waals surface area (Å²) >= 11 is 0. The molecule has 0 aromatic carbocycles. The lowest BCUT2D eigenvalue weighted by Crippen LogP contribution is -2.20. The minimum Gasteiger partial charge on any atom is -0.372 e. The van der Waals surface area contributed by atoms with Crippen LogP contribution in [0, 0.1) is 0 Å². The van der Waals surface area contributed by atoms with E-state index in [1.165, 1.54) is 37.7 Å². The van der Waals surface area contributed by atoms with E-state index < -0.39 is 0 Å². The molecule has 0 spiro atoms. The molecular weight excluding hydrogens is 210 g/mol. The van der Waals surface area contributed by atoms with E-state index in [4.69, 9.17) is 4.74 Å². The molecule has 17 heavy (non-hydrogen) atoms. The third-order valence-corrected chi connectivity index (χ3v) is 3.75. The van der Waals surface area contributed by atoms with E-state index in [-0.39, 0.29) is 5.60 Å². The predicted molar refractivity (Wildman–Crippen MR) is 72.2 cm³/mol. The summed E-state index contributed by atoms with van der Waals surface area (Å²) in [7, 11) is 0. The van der Waals surface area contributed by atoms with Gasteiger partial charge in [0.2, 0.25) is 0 Å². The molecule has 1 aliphatic heterocycles. The van der Waals surface area contributed by atoms with E-state index in [1.807, 2.05) is 0 Å². The van der Waals surface area contributed by atoms with E-state index in [9.17, 15) is 0 Å². The zero-order valence-corrected chi connectivity index (χ0v) is 11.6. The number of hydrogen-bond donors (Lipinski definition) is 1. The first-order valence-electron chi connectivity index (χ1n) is 7.12. The van der Waals surface area contributed by atoms with Crippen molar-refractivity contribution >= 4 is 0 Å². The van der Waals surface area contributed by atoms with E-state index in [0.29, 0.717) is 6.10 Å². The summed E-state index contributed by atoms with van der Waals surface area (Å²) in [6.45, 7) is 7.78. The molecule has 1 heterocycles. The van der Waals surface area contributed by atoms with Crippen LogP contribution in [-0.2, 0) is 4.74 Å². The lowest BCUT2D eigenvalue weighted by atomic mass is 10.0. The zero-order chi connectivity index (χ0) is 12.3. The molecular formula is C15H27NO. The first-order valence-corrected chi connectivity index (χ1v) is 7.12. The normalized spacial score (nSPS) is 28.6. The van der Waals surface area contributed by atoms with E-state index in [2.05, 4.69) is 32.2 Å². The van der Waals surface area contributed by atoms with Crippen LogP contribution in [0.25, 0.3) is 0 Å². The second-order valence-corrected chi connectivity index (χ2v) is 6.31. The smallest absolute Gasteiger partial charge is 0.0631 e. The van der Waals surface area contributed by atoms with Gasteiger partial charge in [-0.25, -0.2) is 0 Å². The maximum absolute atomic E-state index is 6.02. The Bertz CT molecular complexity index is 279. The molecule has 1 atom stereocenters. The van der Waals surface area contributed by atoms with Gasteiger partial charge in [0.05, 0.1) is 11.7 Å². The fourth-order valence-corrected chi connectivity index (χ4v) is 2.56. The first-order chi connectivity index (χ1) is 8.05. The molecule has 1 saturated heterocycles. The average Bonchev–Trinajstić information content (AvgIpc) is 2.99. The third kappa shape index (κ3) is 4.81. The van der Waals surface area contributed by atoms with Crippen molar-refractivity contribution in [2.45, 2.75) is 77.0 Å². The van der Waals surface area contributed by atoms with E-state index in [0.717, 1.165) is 19.0 Å². The second-order valence-electron chi connectivity index (χ2n) is 6.31. The summed E-state index contributed by atoms with van der Waals surface area (Å²) in [6, 6.07) is 0.836. The van der Waals surface area contributed by atoms with Crippen molar-refractivity contribution in [1.82, 2.24) is 5.32 Å². The lowest BCUT2D eigenvalue weighted by molar-refractivity contribution is -0.0144. The molecule has 0 bridgehead atoms. The van der Waals surface area contributed by atoms with Gasteiger partial charge in [-0.15, -0.1) is 0 Å². The van der Waals surface area contributed by atoms with Crippen LogP contribution in [0.4, 0.5) is 0 Å².